The third-order valence-corrected chi connectivity index (χ3v) is 3.85. The number of aromatic nitrogens is 2. The lowest BCUT2D eigenvalue weighted by molar-refractivity contribution is 0.0998. The average Bonchev–Trinajstić information content (AvgIpc) is 2.80. The highest BCUT2D eigenvalue weighted by atomic mass is 19.1. The van der Waals surface area contributed by atoms with E-state index in [1.165, 1.54) is 6.07 Å². The third-order valence-electron chi connectivity index (χ3n) is 3.85. The highest BCUT2D eigenvalue weighted by Crippen LogP contribution is 2.28. The molecular formula is C15H17FN4O. The Morgan fingerprint density at radius 1 is 1.38 bits per heavy atom. The van der Waals surface area contributed by atoms with Crippen LogP contribution >= 0.6 is 0 Å². The number of hydrogen-bond acceptors (Lipinski definition) is 3. The Kier molecular flexibility index (Phi) is 3.25. The molecule has 1 aliphatic rings. The van der Waals surface area contributed by atoms with Gasteiger partial charge >= 0.3 is 0 Å². The summed E-state index contributed by atoms with van der Waals surface area (Å²) in [6.45, 7) is 3.90. The smallest absolute Gasteiger partial charge is 0.252 e. The van der Waals surface area contributed by atoms with Crippen molar-refractivity contribution in [1.82, 2.24) is 14.7 Å². The fourth-order valence-corrected chi connectivity index (χ4v) is 2.70. The van der Waals surface area contributed by atoms with Gasteiger partial charge in [0.25, 0.3) is 5.91 Å². The Labute approximate surface area is 122 Å². The first-order valence-corrected chi connectivity index (χ1v) is 6.82. The van der Waals surface area contributed by atoms with Crippen LogP contribution in [0.25, 0.3) is 11.3 Å². The number of primary amides is 1. The predicted octanol–water partition coefficient (Wildman–Crippen LogP) is 1.54. The summed E-state index contributed by atoms with van der Waals surface area (Å²) in [6.07, 6.45) is 0. The summed E-state index contributed by atoms with van der Waals surface area (Å²) >= 11 is 0. The van der Waals surface area contributed by atoms with Crippen molar-refractivity contribution in [2.45, 2.75) is 20.0 Å². The fourth-order valence-electron chi connectivity index (χ4n) is 2.70. The van der Waals surface area contributed by atoms with Crippen LogP contribution in [0, 0.1) is 12.7 Å². The number of amides is 1. The number of carbonyl (C=O) groups is 1. The van der Waals surface area contributed by atoms with Crippen LogP contribution in [-0.4, -0.2) is 34.2 Å². The van der Waals surface area contributed by atoms with Crippen molar-refractivity contribution in [2.24, 2.45) is 5.73 Å². The first-order chi connectivity index (χ1) is 9.97. The molecule has 6 heteroatoms. The minimum atomic E-state index is -0.497. The molecule has 0 fully saturated rings. The molecule has 0 bridgehead atoms. The molecule has 2 aromatic rings. The van der Waals surface area contributed by atoms with E-state index >= 15 is 0 Å². The number of halogens is 1. The molecule has 0 atom stereocenters. The van der Waals surface area contributed by atoms with E-state index in [9.17, 15) is 9.18 Å². The molecule has 0 saturated heterocycles. The summed E-state index contributed by atoms with van der Waals surface area (Å²) in [7, 11) is 1.99. The van der Waals surface area contributed by atoms with Crippen molar-refractivity contribution in [2.75, 3.05) is 13.6 Å². The molecule has 1 aromatic carbocycles. The second-order valence-electron chi connectivity index (χ2n) is 5.46. The minimum absolute atomic E-state index is 0.275. The summed E-state index contributed by atoms with van der Waals surface area (Å²) in [5.41, 5.74) is 8.59. The molecule has 0 spiro atoms. The van der Waals surface area contributed by atoms with Gasteiger partial charge in [-0.15, -0.1) is 0 Å². The van der Waals surface area contributed by atoms with Gasteiger partial charge in [-0.3, -0.25) is 14.4 Å². The molecule has 0 saturated carbocycles. The Balaban J connectivity index is 2.18. The molecule has 110 valence electrons. The van der Waals surface area contributed by atoms with E-state index in [0.29, 0.717) is 35.5 Å². The van der Waals surface area contributed by atoms with Crippen LogP contribution < -0.4 is 5.73 Å². The van der Waals surface area contributed by atoms with Gasteiger partial charge in [0, 0.05) is 18.7 Å². The average molecular weight is 288 g/mol. The van der Waals surface area contributed by atoms with Crippen molar-refractivity contribution in [3.63, 3.8) is 0 Å². The van der Waals surface area contributed by atoms with E-state index in [1.54, 1.807) is 19.1 Å². The zero-order valence-corrected chi connectivity index (χ0v) is 12.1. The van der Waals surface area contributed by atoms with Crippen LogP contribution in [0.2, 0.25) is 0 Å². The van der Waals surface area contributed by atoms with Gasteiger partial charge in [0.1, 0.15) is 11.5 Å². The number of carbonyl (C=O) groups excluding carboxylic acids is 1. The maximum Gasteiger partial charge on any atom is 0.252 e. The Morgan fingerprint density at radius 2 is 2.14 bits per heavy atom. The molecule has 0 unspecified atom stereocenters. The third kappa shape index (κ3) is 2.31. The van der Waals surface area contributed by atoms with E-state index in [2.05, 4.69) is 10.00 Å². The molecule has 0 aliphatic carbocycles. The van der Waals surface area contributed by atoms with Crippen LogP contribution in [0.4, 0.5) is 4.39 Å². The summed E-state index contributed by atoms with van der Waals surface area (Å²) in [4.78, 5) is 14.0. The molecule has 1 amide bonds. The zero-order valence-electron chi connectivity index (χ0n) is 12.1. The number of hydrogen-bond donors (Lipinski definition) is 1. The topological polar surface area (TPSA) is 64.2 Å². The number of rotatable bonds is 2. The largest absolute Gasteiger partial charge is 0.365 e. The summed E-state index contributed by atoms with van der Waals surface area (Å²) in [6, 6.07) is 4.71. The Bertz CT molecular complexity index is 723. The van der Waals surface area contributed by atoms with Crippen LogP contribution in [-0.2, 0) is 13.1 Å². The van der Waals surface area contributed by atoms with Crippen molar-refractivity contribution >= 4 is 5.91 Å². The zero-order chi connectivity index (χ0) is 15.1. The maximum absolute atomic E-state index is 13.4. The second-order valence-corrected chi connectivity index (χ2v) is 5.46. The predicted molar refractivity (Wildman–Crippen MR) is 77.2 cm³/mol. The van der Waals surface area contributed by atoms with E-state index in [0.717, 1.165) is 12.2 Å². The lowest BCUT2D eigenvalue weighted by atomic mass is 10.0. The van der Waals surface area contributed by atoms with Gasteiger partial charge < -0.3 is 5.73 Å². The maximum atomic E-state index is 13.4. The quantitative estimate of drug-likeness (QED) is 0.911. The molecule has 0 radical (unpaired) electrons. The Hall–Kier alpha value is -2.21. The summed E-state index contributed by atoms with van der Waals surface area (Å²) in [5, 5.41) is 4.51. The number of likely N-dealkylation sites (N-methyl/N-ethyl adjacent to an activating group) is 1. The first kappa shape index (κ1) is 13.8. The van der Waals surface area contributed by atoms with Crippen LogP contribution in [0.1, 0.15) is 21.6 Å². The molecule has 1 aromatic heterocycles. The molecule has 2 N–H and O–H groups in total. The monoisotopic (exact) mass is 288 g/mol. The van der Waals surface area contributed by atoms with Crippen molar-refractivity contribution in [3.8, 4) is 11.3 Å². The minimum Gasteiger partial charge on any atom is -0.365 e. The van der Waals surface area contributed by atoms with Gasteiger partial charge in [-0.1, -0.05) is 0 Å². The molecule has 3 rings (SSSR count). The van der Waals surface area contributed by atoms with Gasteiger partial charge in [0.15, 0.2) is 0 Å². The summed E-state index contributed by atoms with van der Waals surface area (Å²) in [5.74, 6) is -0.772. The van der Waals surface area contributed by atoms with E-state index in [-0.39, 0.29) is 5.82 Å². The fraction of sp³-hybridized carbons (Fsp3) is 0.333. The van der Waals surface area contributed by atoms with E-state index < -0.39 is 5.91 Å². The van der Waals surface area contributed by atoms with E-state index in [1.807, 2.05) is 11.7 Å². The number of nitrogens with two attached hydrogens (primary N) is 1. The normalized spacial score (nSPS) is 15.0. The molecular weight excluding hydrogens is 271 g/mol. The summed E-state index contributed by atoms with van der Waals surface area (Å²) < 4.78 is 15.3. The van der Waals surface area contributed by atoms with Crippen LogP contribution in [0.15, 0.2) is 18.2 Å². The van der Waals surface area contributed by atoms with Gasteiger partial charge in [-0.05, 0) is 37.7 Å². The van der Waals surface area contributed by atoms with Crippen molar-refractivity contribution in [1.29, 1.82) is 0 Å². The van der Waals surface area contributed by atoms with Gasteiger partial charge in [-0.25, -0.2) is 4.39 Å². The Morgan fingerprint density at radius 3 is 2.81 bits per heavy atom. The lowest BCUT2D eigenvalue weighted by Crippen LogP contribution is -2.32. The molecule has 5 nitrogen and oxygen atoms in total. The van der Waals surface area contributed by atoms with Crippen molar-refractivity contribution in [3.05, 3.63) is 40.8 Å². The first-order valence-electron chi connectivity index (χ1n) is 6.82. The number of aryl methyl sites for hydroxylation is 1. The van der Waals surface area contributed by atoms with E-state index in [4.69, 9.17) is 5.73 Å². The van der Waals surface area contributed by atoms with Crippen molar-refractivity contribution < 1.29 is 9.18 Å². The lowest BCUT2D eigenvalue weighted by Gasteiger charge is -2.23. The molecule has 2 heterocycles. The van der Waals surface area contributed by atoms with Gasteiger partial charge in [0.2, 0.25) is 0 Å². The van der Waals surface area contributed by atoms with Crippen LogP contribution in [0.3, 0.4) is 0 Å². The SMILES string of the molecule is Cc1cc(-c2nn3c(c2C(N)=O)CN(C)CC3)ccc1F. The number of benzene rings is 1. The van der Waals surface area contributed by atoms with Crippen LogP contribution in [0.5, 0.6) is 0 Å². The molecule has 1 aliphatic heterocycles. The second kappa shape index (κ2) is 4.96. The highest BCUT2D eigenvalue weighted by Gasteiger charge is 2.26. The highest BCUT2D eigenvalue weighted by molar-refractivity contribution is 6.00. The van der Waals surface area contributed by atoms with Gasteiger partial charge in [0.05, 0.1) is 17.8 Å². The van der Waals surface area contributed by atoms with Gasteiger partial charge in [-0.2, -0.15) is 5.10 Å². The number of nitrogens with zero attached hydrogens (tertiary/aromatic N) is 3. The number of fused-ring (bicyclic) bond motifs is 1. The molecule has 21 heavy (non-hydrogen) atoms. The standard InChI is InChI=1S/C15H17FN4O/c1-9-7-10(3-4-11(9)16)14-13(15(17)21)12-8-19(2)5-6-20(12)18-14/h3-4,7H,5-6,8H2,1-2H3,(H2,17,21).